The SMILES string of the molecule is CCC(N)=NCCC1CCCC(C)C1. The number of hydrogen-bond donors (Lipinski definition) is 1. The summed E-state index contributed by atoms with van der Waals surface area (Å²) < 4.78 is 0. The average Bonchev–Trinajstić information content (AvgIpc) is 2.17. The van der Waals surface area contributed by atoms with E-state index in [1.54, 1.807) is 0 Å². The maximum absolute atomic E-state index is 5.67. The third-order valence-corrected chi connectivity index (χ3v) is 3.26. The monoisotopic (exact) mass is 196 g/mol. The molecule has 0 aliphatic heterocycles. The van der Waals surface area contributed by atoms with Gasteiger partial charge in [0.2, 0.25) is 0 Å². The summed E-state index contributed by atoms with van der Waals surface area (Å²) in [6, 6.07) is 0. The van der Waals surface area contributed by atoms with E-state index in [2.05, 4.69) is 18.8 Å². The van der Waals surface area contributed by atoms with E-state index in [-0.39, 0.29) is 0 Å². The second-order valence-corrected chi connectivity index (χ2v) is 4.65. The van der Waals surface area contributed by atoms with Crippen LogP contribution in [0.5, 0.6) is 0 Å². The third-order valence-electron chi connectivity index (χ3n) is 3.26. The van der Waals surface area contributed by atoms with Gasteiger partial charge in [0.1, 0.15) is 0 Å². The molecule has 82 valence electrons. The van der Waals surface area contributed by atoms with Crippen molar-refractivity contribution >= 4 is 5.84 Å². The molecule has 1 saturated carbocycles. The lowest BCUT2D eigenvalue weighted by molar-refractivity contribution is 0.273. The molecular formula is C12H24N2. The first kappa shape index (κ1) is 11.5. The van der Waals surface area contributed by atoms with Gasteiger partial charge >= 0.3 is 0 Å². The minimum atomic E-state index is 0.814. The molecule has 2 heteroatoms. The largest absolute Gasteiger partial charge is 0.387 e. The molecule has 2 N–H and O–H groups in total. The first-order valence-electron chi connectivity index (χ1n) is 6.01. The Morgan fingerprint density at radius 3 is 2.86 bits per heavy atom. The van der Waals surface area contributed by atoms with Crippen molar-refractivity contribution in [3.63, 3.8) is 0 Å². The molecular weight excluding hydrogens is 172 g/mol. The standard InChI is InChI=1S/C12H24N2/c1-3-12(13)14-8-7-11-6-4-5-10(2)9-11/h10-11H,3-9H2,1-2H3,(H2,13,14). The van der Waals surface area contributed by atoms with E-state index >= 15 is 0 Å². The minimum Gasteiger partial charge on any atom is -0.387 e. The number of amidine groups is 1. The number of rotatable bonds is 4. The molecule has 14 heavy (non-hydrogen) atoms. The van der Waals surface area contributed by atoms with Crippen LogP contribution >= 0.6 is 0 Å². The van der Waals surface area contributed by atoms with E-state index in [0.717, 1.165) is 30.6 Å². The molecule has 0 amide bonds. The second kappa shape index (κ2) is 6.05. The topological polar surface area (TPSA) is 38.4 Å². The van der Waals surface area contributed by atoms with Gasteiger partial charge in [-0.2, -0.15) is 0 Å². The molecule has 2 atom stereocenters. The predicted octanol–water partition coefficient (Wildman–Crippen LogP) is 2.97. The highest BCUT2D eigenvalue weighted by Gasteiger charge is 2.17. The van der Waals surface area contributed by atoms with E-state index in [1.165, 1.54) is 32.1 Å². The highest BCUT2D eigenvalue weighted by molar-refractivity contribution is 5.79. The zero-order valence-electron chi connectivity index (χ0n) is 9.63. The van der Waals surface area contributed by atoms with Crippen LogP contribution in [0, 0.1) is 11.8 Å². The average molecular weight is 196 g/mol. The summed E-state index contributed by atoms with van der Waals surface area (Å²) >= 11 is 0. The lowest BCUT2D eigenvalue weighted by Crippen LogP contribution is -2.15. The molecule has 0 aromatic rings. The van der Waals surface area contributed by atoms with Gasteiger partial charge < -0.3 is 5.73 Å². The second-order valence-electron chi connectivity index (χ2n) is 4.65. The lowest BCUT2D eigenvalue weighted by atomic mass is 9.81. The van der Waals surface area contributed by atoms with Crippen LogP contribution in [0.3, 0.4) is 0 Å². The minimum absolute atomic E-state index is 0.814. The Labute approximate surface area is 88.0 Å². The summed E-state index contributed by atoms with van der Waals surface area (Å²) in [6.07, 6.45) is 7.79. The van der Waals surface area contributed by atoms with Crippen molar-refractivity contribution in [2.24, 2.45) is 22.6 Å². The zero-order chi connectivity index (χ0) is 10.4. The predicted molar refractivity (Wildman–Crippen MR) is 62.5 cm³/mol. The van der Waals surface area contributed by atoms with Gasteiger partial charge in [-0.05, 0) is 24.7 Å². The van der Waals surface area contributed by atoms with Crippen molar-refractivity contribution in [1.29, 1.82) is 0 Å². The van der Waals surface area contributed by atoms with Gasteiger partial charge in [-0.1, -0.05) is 33.1 Å². The fraction of sp³-hybridized carbons (Fsp3) is 0.917. The van der Waals surface area contributed by atoms with E-state index in [0.29, 0.717) is 0 Å². The molecule has 0 aromatic carbocycles. The molecule has 1 rings (SSSR count). The van der Waals surface area contributed by atoms with Crippen LogP contribution in [-0.4, -0.2) is 12.4 Å². The quantitative estimate of drug-likeness (QED) is 0.545. The van der Waals surface area contributed by atoms with Crippen LogP contribution in [0.2, 0.25) is 0 Å². The van der Waals surface area contributed by atoms with Crippen LogP contribution in [0.15, 0.2) is 4.99 Å². The van der Waals surface area contributed by atoms with Gasteiger partial charge in [0.05, 0.1) is 5.84 Å². The Bertz CT molecular complexity index is 187. The van der Waals surface area contributed by atoms with E-state index < -0.39 is 0 Å². The highest BCUT2D eigenvalue weighted by Crippen LogP contribution is 2.30. The summed E-state index contributed by atoms with van der Waals surface area (Å²) in [5, 5.41) is 0. The number of nitrogens with two attached hydrogens (primary N) is 1. The van der Waals surface area contributed by atoms with Crippen LogP contribution in [-0.2, 0) is 0 Å². The van der Waals surface area contributed by atoms with E-state index in [9.17, 15) is 0 Å². The van der Waals surface area contributed by atoms with Crippen LogP contribution in [0.25, 0.3) is 0 Å². The Balaban J connectivity index is 2.17. The normalized spacial score (nSPS) is 29.1. The Morgan fingerprint density at radius 2 is 2.21 bits per heavy atom. The first-order valence-corrected chi connectivity index (χ1v) is 6.01. The van der Waals surface area contributed by atoms with Crippen molar-refractivity contribution in [2.75, 3.05) is 6.54 Å². The van der Waals surface area contributed by atoms with Crippen molar-refractivity contribution in [3.8, 4) is 0 Å². The number of hydrogen-bond acceptors (Lipinski definition) is 1. The van der Waals surface area contributed by atoms with Gasteiger partial charge in [-0.15, -0.1) is 0 Å². The molecule has 1 aliphatic rings. The Kier molecular flexibility index (Phi) is 4.99. The zero-order valence-corrected chi connectivity index (χ0v) is 9.63. The summed E-state index contributed by atoms with van der Waals surface area (Å²) in [6.45, 7) is 5.37. The van der Waals surface area contributed by atoms with Crippen LogP contribution in [0.1, 0.15) is 52.4 Å². The molecule has 0 aromatic heterocycles. The van der Waals surface area contributed by atoms with Crippen LogP contribution < -0.4 is 5.73 Å². The molecule has 2 unspecified atom stereocenters. The molecule has 0 heterocycles. The molecule has 1 fully saturated rings. The molecule has 0 spiro atoms. The van der Waals surface area contributed by atoms with Gasteiger partial charge in [-0.25, -0.2) is 0 Å². The fourth-order valence-electron chi connectivity index (χ4n) is 2.32. The summed E-state index contributed by atoms with van der Waals surface area (Å²) in [4.78, 5) is 4.36. The van der Waals surface area contributed by atoms with Crippen molar-refractivity contribution < 1.29 is 0 Å². The van der Waals surface area contributed by atoms with Crippen LogP contribution in [0.4, 0.5) is 0 Å². The van der Waals surface area contributed by atoms with Gasteiger partial charge in [0.25, 0.3) is 0 Å². The Hall–Kier alpha value is -0.530. The number of nitrogens with zero attached hydrogens (tertiary/aromatic N) is 1. The smallest absolute Gasteiger partial charge is 0.0934 e. The summed E-state index contributed by atoms with van der Waals surface area (Å²) in [5.41, 5.74) is 5.67. The van der Waals surface area contributed by atoms with Gasteiger partial charge in [-0.3, -0.25) is 4.99 Å². The maximum atomic E-state index is 5.67. The summed E-state index contributed by atoms with van der Waals surface area (Å²) in [7, 11) is 0. The Morgan fingerprint density at radius 1 is 1.43 bits per heavy atom. The van der Waals surface area contributed by atoms with Gasteiger partial charge in [0, 0.05) is 13.0 Å². The molecule has 0 saturated heterocycles. The number of aliphatic imine (C=N–C) groups is 1. The highest BCUT2D eigenvalue weighted by atomic mass is 14.8. The summed E-state index contributed by atoms with van der Waals surface area (Å²) in [5.74, 6) is 2.65. The third kappa shape index (κ3) is 4.12. The fourth-order valence-corrected chi connectivity index (χ4v) is 2.32. The van der Waals surface area contributed by atoms with Gasteiger partial charge in [0.15, 0.2) is 0 Å². The molecule has 0 radical (unpaired) electrons. The van der Waals surface area contributed by atoms with E-state index in [1.807, 2.05) is 0 Å². The lowest BCUT2D eigenvalue weighted by Gasteiger charge is -2.26. The van der Waals surface area contributed by atoms with Crippen molar-refractivity contribution in [3.05, 3.63) is 0 Å². The molecule has 2 nitrogen and oxygen atoms in total. The first-order chi connectivity index (χ1) is 6.72. The van der Waals surface area contributed by atoms with Crippen molar-refractivity contribution in [1.82, 2.24) is 0 Å². The van der Waals surface area contributed by atoms with E-state index in [4.69, 9.17) is 5.73 Å². The molecule has 0 bridgehead atoms. The van der Waals surface area contributed by atoms with Crippen molar-refractivity contribution in [2.45, 2.75) is 52.4 Å². The maximum Gasteiger partial charge on any atom is 0.0934 e. The molecule has 1 aliphatic carbocycles.